The van der Waals surface area contributed by atoms with Crippen molar-refractivity contribution < 1.29 is 52.2 Å². The number of phosphoric acid groups is 1. The van der Waals surface area contributed by atoms with Crippen molar-refractivity contribution in [1.29, 1.82) is 0 Å². The zero-order chi connectivity index (χ0) is 54.1. The first-order valence-electron chi connectivity index (χ1n) is 28.4. The third-order valence-electron chi connectivity index (χ3n) is 11.4. The molecule has 0 aliphatic heterocycles. The van der Waals surface area contributed by atoms with Crippen molar-refractivity contribution in [2.45, 2.75) is 226 Å². The van der Waals surface area contributed by atoms with E-state index < -0.39 is 57.8 Å². The molecule has 0 radical (unpaired) electrons. The largest absolute Gasteiger partial charge is 0.472 e. The maximum atomic E-state index is 12.9. The van der Waals surface area contributed by atoms with Crippen molar-refractivity contribution >= 4 is 25.7 Å². The van der Waals surface area contributed by atoms with Gasteiger partial charge in [0.1, 0.15) is 12.7 Å². The standard InChI is InChI=1S/C62H101O11P/c1-4-7-10-13-16-19-22-25-27-28-29-30-32-34-36-39-42-45-48-51-60(64)69-55-59(73-62(66)53-50-47-44-41-38-35-31-26-23-20-17-14-11-8-5-2)57-71-74(67,68)70-56-58(54-63)72-61(65)52-49-46-43-40-37-33-24-21-18-15-12-9-6-3/h8-9,11-12,16-21,25-27,31,33,37-38,41,43,46,58-59,63H,4-7,10,13-15,22-24,28-30,32,34-36,39-40,42,44-45,47-57H2,1-3H3,(H,67,68)/b11-8-,12-9-,19-16-,20-17-,21-18-,27-25-,31-26-,37-33-,41-38-,46-43-. The number of aliphatic hydroxyl groups excluding tert-OH is 1. The van der Waals surface area contributed by atoms with E-state index >= 15 is 0 Å². The molecule has 12 heteroatoms. The molecule has 0 heterocycles. The lowest BCUT2D eigenvalue weighted by Crippen LogP contribution is -2.30. The van der Waals surface area contributed by atoms with Gasteiger partial charge in [0.15, 0.2) is 6.10 Å². The Morgan fingerprint density at radius 1 is 0.392 bits per heavy atom. The third-order valence-corrected chi connectivity index (χ3v) is 12.3. The van der Waals surface area contributed by atoms with Gasteiger partial charge in [-0.05, 0) is 116 Å². The summed E-state index contributed by atoms with van der Waals surface area (Å²) < 4.78 is 39.4. The molecule has 0 saturated carbocycles. The predicted molar refractivity (Wildman–Crippen MR) is 306 cm³/mol. The first-order valence-corrected chi connectivity index (χ1v) is 29.9. The Bertz CT molecular complexity index is 1700. The Morgan fingerprint density at radius 2 is 0.730 bits per heavy atom. The fourth-order valence-corrected chi connectivity index (χ4v) is 7.88. The molecular weight excluding hydrogens is 952 g/mol. The Labute approximate surface area is 449 Å². The first-order chi connectivity index (χ1) is 36.2. The minimum absolute atomic E-state index is 0.0466. The fraction of sp³-hybridized carbons (Fsp3) is 0.629. The van der Waals surface area contributed by atoms with Gasteiger partial charge in [0.05, 0.1) is 19.8 Å². The maximum Gasteiger partial charge on any atom is 0.472 e. The van der Waals surface area contributed by atoms with Gasteiger partial charge in [-0.1, -0.05) is 200 Å². The van der Waals surface area contributed by atoms with E-state index in [1.807, 2.05) is 18.2 Å². The van der Waals surface area contributed by atoms with Crippen LogP contribution in [0.5, 0.6) is 0 Å². The van der Waals surface area contributed by atoms with Gasteiger partial charge in [0.2, 0.25) is 0 Å². The van der Waals surface area contributed by atoms with Gasteiger partial charge < -0.3 is 24.2 Å². The highest BCUT2D eigenvalue weighted by Crippen LogP contribution is 2.43. The van der Waals surface area contributed by atoms with Gasteiger partial charge in [-0.25, -0.2) is 4.57 Å². The number of esters is 3. The van der Waals surface area contributed by atoms with Gasteiger partial charge in [0.25, 0.3) is 0 Å². The van der Waals surface area contributed by atoms with E-state index in [9.17, 15) is 28.9 Å². The number of unbranched alkanes of at least 4 members (excludes halogenated alkanes) is 14. The van der Waals surface area contributed by atoms with E-state index in [1.54, 1.807) is 0 Å². The van der Waals surface area contributed by atoms with E-state index in [-0.39, 0.29) is 25.9 Å². The first kappa shape index (κ1) is 69.9. The molecular formula is C62H101O11P. The zero-order valence-electron chi connectivity index (χ0n) is 46.3. The molecule has 0 amide bonds. The van der Waals surface area contributed by atoms with Crippen molar-refractivity contribution in [3.8, 4) is 0 Å². The van der Waals surface area contributed by atoms with Crippen LogP contribution >= 0.6 is 7.82 Å². The quantitative estimate of drug-likeness (QED) is 0.0197. The van der Waals surface area contributed by atoms with Gasteiger partial charge >= 0.3 is 25.7 Å². The summed E-state index contributed by atoms with van der Waals surface area (Å²) in [5.41, 5.74) is 0. The minimum Gasteiger partial charge on any atom is -0.462 e. The molecule has 74 heavy (non-hydrogen) atoms. The molecule has 0 saturated heterocycles. The Morgan fingerprint density at radius 3 is 1.19 bits per heavy atom. The molecule has 3 unspecified atom stereocenters. The Hall–Kier alpha value is -4.12. The summed E-state index contributed by atoms with van der Waals surface area (Å²) in [7, 11) is -4.78. The summed E-state index contributed by atoms with van der Waals surface area (Å²) in [5.74, 6) is -1.62. The zero-order valence-corrected chi connectivity index (χ0v) is 47.2. The second kappa shape index (κ2) is 55.1. The van der Waals surface area contributed by atoms with Crippen molar-refractivity contribution in [3.63, 3.8) is 0 Å². The van der Waals surface area contributed by atoms with Crippen LogP contribution in [0.25, 0.3) is 0 Å². The summed E-state index contributed by atoms with van der Waals surface area (Å²) in [6, 6.07) is 0. The lowest BCUT2D eigenvalue weighted by Gasteiger charge is -2.21. The maximum absolute atomic E-state index is 12.9. The van der Waals surface area contributed by atoms with Crippen LogP contribution in [0.4, 0.5) is 0 Å². The van der Waals surface area contributed by atoms with Gasteiger partial charge in [-0.15, -0.1) is 0 Å². The molecule has 0 rings (SSSR count). The monoisotopic (exact) mass is 1050 g/mol. The highest BCUT2D eigenvalue weighted by molar-refractivity contribution is 7.47. The van der Waals surface area contributed by atoms with E-state index in [0.717, 1.165) is 96.3 Å². The van der Waals surface area contributed by atoms with Crippen molar-refractivity contribution in [1.82, 2.24) is 0 Å². The molecule has 0 aromatic carbocycles. The van der Waals surface area contributed by atoms with Crippen LogP contribution in [-0.2, 0) is 42.2 Å². The minimum atomic E-state index is -4.78. The summed E-state index contributed by atoms with van der Waals surface area (Å²) in [4.78, 5) is 48.5. The lowest BCUT2D eigenvalue weighted by atomic mass is 10.1. The molecule has 0 fully saturated rings. The van der Waals surface area contributed by atoms with E-state index in [4.69, 9.17) is 23.3 Å². The van der Waals surface area contributed by atoms with Crippen LogP contribution in [0.15, 0.2) is 122 Å². The molecule has 0 aliphatic carbocycles. The molecule has 0 bridgehead atoms. The highest BCUT2D eigenvalue weighted by atomic mass is 31.2. The van der Waals surface area contributed by atoms with Crippen LogP contribution in [0.1, 0.15) is 213 Å². The topological polar surface area (TPSA) is 155 Å². The number of allylic oxidation sites excluding steroid dienone is 20. The number of aliphatic hydroxyl groups is 1. The van der Waals surface area contributed by atoms with E-state index in [2.05, 4.69) is 124 Å². The molecule has 2 N–H and O–H groups in total. The summed E-state index contributed by atoms with van der Waals surface area (Å²) in [5, 5.41) is 9.78. The van der Waals surface area contributed by atoms with E-state index in [0.29, 0.717) is 19.3 Å². The summed E-state index contributed by atoms with van der Waals surface area (Å²) in [6.45, 7) is 4.24. The van der Waals surface area contributed by atoms with Gasteiger partial charge in [-0.2, -0.15) is 0 Å². The number of carbonyl (C=O) groups excluding carboxylic acids is 3. The van der Waals surface area contributed by atoms with Crippen molar-refractivity contribution in [2.75, 3.05) is 26.4 Å². The lowest BCUT2D eigenvalue weighted by molar-refractivity contribution is -0.161. The van der Waals surface area contributed by atoms with Crippen LogP contribution in [0.2, 0.25) is 0 Å². The molecule has 3 atom stereocenters. The van der Waals surface area contributed by atoms with Crippen LogP contribution in [0.3, 0.4) is 0 Å². The third kappa shape index (κ3) is 52.7. The van der Waals surface area contributed by atoms with Gasteiger partial charge in [0, 0.05) is 19.3 Å². The van der Waals surface area contributed by atoms with Crippen LogP contribution in [-0.4, -0.2) is 66.5 Å². The Balaban J connectivity index is 4.84. The van der Waals surface area contributed by atoms with Gasteiger partial charge in [-0.3, -0.25) is 23.4 Å². The second-order valence-corrected chi connectivity index (χ2v) is 19.8. The average molecular weight is 1050 g/mol. The average Bonchev–Trinajstić information content (AvgIpc) is 3.39. The fourth-order valence-electron chi connectivity index (χ4n) is 7.10. The summed E-state index contributed by atoms with van der Waals surface area (Å²) in [6.07, 6.45) is 67.5. The molecule has 0 aromatic heterocycles. The molecule has 0 aliphatic rings. The number of ether oxygens (including phenoxy) is 3. The number of carbonyl (C=O) groups is 3. The SMILES string of the molecule is CC/C=C\C/C=C\C/C=C\C/C=C\CCCCC(=O)OC(COC(=O)CCCCCCCCCCC/C=C\C/C=C\CCCCC)COP(=O)(O)OCC(CO)OC(=O)CC/C=C\C/C=C\C/C=C\C/C=C\CC. The van der Waals surface area contributed by atoms with E-state index in [1.165, 1.54) is 57.8 Å². The Kier molecular flexibility index (Phi) is 52.1. The molecule has 0 spiro atoms. The number of hydrogen-bond donors (Lipinski definition) is 2. The van der Waals surface area contributed by atoms with Crippen LogP contribution in [0, 0.1) is 0 Å². The van der Waals surface area contributed by atoms with Crippen LogP contribution < -0.4 is 0 Å². The second-order valence-electron chi connectivity index (χ2n) is 18.3. The number of hydrogen-bond acceptors (Lipinski definition) is 10. The normalized spacial score (nSPS) is 14.3. The molecule has 11 nitrogen and oxygen atoms in total. The molecule has 420 valence electrons. The highest BCUT2D eigenvalue weighted by Gasteiger charge is 2.28. The van der Waals surface area contributed by atoms with Crippen molar-refractivity contribution in [3.05, 3.63) is 122 Å². The smallest absolute Gasteiger partial charge is 0.462 e. The predicted octanol–water partition coefficient (Wildman–Crippen LogP) is 16.8. The van der Waals surface area contributed by atoms with Crippen molar-refractivity contribution in [2.24, 2.45) is 0 Å². The summed E-state index contributed by atoms with van der Waals surface area (Å²) >= 11 is 0. The number of phosphoric ester groups is 1. The molecule has 0 aromatic rings. The number of rotatable bonds is 51.